The van der Waals surface area contributed by atoms with Crippen molar-refractivity contribution in [3.8, 4) is 11.6 Å². The molecular formula is C14H12ClFN6O5S. The summed E-state index contributed by atoms with van der Waals surface area (Å²) in [6.45, 7) is 0. The van der Waals surface area contributed by atoms with Gasteiger partial charge in [-0.1, -0.05) is 11.6 Å². The molecular weight excluding hydrogens is 419 g/mol. The van der Waals surface area contributed by atoms with Crippen LogP contribution in [0.1, 0.15) is 0 Å². The van der Waals surface area contributed by atoms with Crippen molar-refractivity contribution in [2.75, 3.05) is 19.5 Å². The summed E-state index contributed by atoms with van der Waals surface area (Å²) in [5, 5.41) is 1.15. The van der Waals surface area contributed by atoms with E-state index in [2.05, 4.69) is 20.3 Å². The molecule has 0 atom stereocenters. The van der Waals surface area contributed by atoms with Gasteiger partial charge in [0, 0.05) is 6.07 Å². The molecule has 0 bridgehead atoms. The Kier molecular flexibility index (Phi) is 5.20. The van der Waals surface area contributed by atoms with E-state index in [9.17, 15) is 17.6 Å². The number of rotatable bonds is 5. The molecule has 14 heteroatoms. The van der Waals surface area contributed by atoms with Crippen LogP contribution in [0.4, 0.5) is 15.1 Å². The number of carbonyl (C=O) groups excluding carboxylic acids is 1. The van der Waals surface area contributed by atoms with Gasteiger partial charge in [-0.3, -0.25) is 9.72 Å². The zero-order valence-electron chi connectivity index (χ0n) is 14.3. The van der Waals surface area contributed by atoms with Gasteiger partial charge in [0.15, 0.2) is 0 Å². The van der Waals surface area contributed by atoms with Crippen LogP contribution >= 0.6 is 11.6 Å². The van der Waals surface area contributed by atoms with E-state index in [1.54, 1.807) is 4.72 Å². The maximum Gasteiger partial charge on any atom is 0.335 e. The Morgan fingerprint density at radius 3 is 2.64 bits per heavy atom. The molecule has 2 amide bonds. The highest BCUT2D eigenvalue weighted by molar-refractivity contribution is 7.90. The van der Waals surface area contributed by atoms with Gasteiger partial charge in [0.2, 0.25) is 16.9 Å². The number of sulfonamides is 1. The van der Waals surface area contributed by atoms with E-state index in [4.69, 9.17) is 21.1 Å². The molecule has 148 valence electrons. The lowest BCUT2D eigenvalue weighted by molar-refractivity contribution is 0.256. The molecule has 0 fully saturated rings. The number of methoxy groups -OCH3 is 2. The van der Waals surface area contributed by atoms with Crippen LogP contribution in [0.25, 0.3) is 5.65 Å². The van der Waals surface area contributed by atoms with Crippen LogP contribution in [-0.4, -0.2) is 48.0 Å². The molecule has 3 heterocycles. The minimum Gasteiger partial charge on any atom is -0.495 e. The van der Waals surface area contributed by atoms with E-state index >= 15 is 0 Å². The number of imidazole rings is 1. The van der Waals surface area contributed by atoms with Crippen LogP contribution in [0, 0.1) is 5.95 Å². The average molecular weight is 431 g/mol. The zero-order valence-corrected chi connectivity index (χ0v) is 15.9. The van der Waals surface area contributed by atoms with Crippen LogP contribution < -0.4 is 19.5 Å². The Labute approximate surface area is 162 Å². The molecule has 0 aliphatic rings. The number of carbonyl (C=O) groups is 1. The molecule has 11 nitrogen and oxygen atoms in total. The second-order valence-electron chi connectivity index (χ2n) is 5.12. The largest absolute Gasteiger partial charge is 0.495 e. The third kappa shape index (κ3) is 3.89. The highest BCUT2D eigenvalue weighted by atomic mass is 35.5. The first-order valence-corrected chi connectivity index (χ1v) is 9.23. The molecule has 0 saturated carbocycles. The molecule has 3 aromatic rings. The Bertz CT molecular complexity index is 1170. The summed E-state index contributed by atoms with van der Waals surface area (Å²) in [6, 6.07) is 2.86. The molecule has 0 unspecified atom stereocenters. The average Bonchev–Trinajstić information content (AvgIpc) is 2.95. The Hall–Kier alpha value is -3.19. The smallest absolute Gasteiger partial charge is 0.335 e. The lowest BCUT2D eigenvalue weighted by Gasteiger charge is -2.09. The number of halogens is 2. The highest BCUT2D eigenvalue weighted by Gasteiger charge is 2.28. The summed E-state index contributed by atoms with van der Waals surface area (Å²) in [6.07, 6.45) is 1.21. The number of nitrogens with zero attached hydrogens (tertiary/aromatic N) is 4. The molecule has 0 aliphatic heterocycles. The van der Waals surface area contributed by atoms with Crippen LogP contribution in [0.2, 0.25) is 5.15 Å². The number of urea groups is 1. The monoisotopic (exact) mass is 430 g/mol. The first-order valence-electron chi connectivity index (χ1n) is 7.37. The molecule has 0 spiro atoms. The number of hydrogen-bond donors (Lipinski definition) is 2. The SMILES string of the molecule is COc1ccc2nc(F)c(S(=O)(=O)NC(=O)Nc3nc(Cl)cc(OC)n3)n2c1. The van der Waals surface area contributed by atoms with Crippen molar-refractivity contribution in [1.29, 1.82) is 0 Å². The highest BCUT2D eigenvalue weighted by Crippen LogP contribution is 2.21. The minimum atomic E-state index is -4.66. The molecule has 28 heavy (non-hydrogen) atoms. The lowest BCUT2D eigenvalue weighted by atomic mass is 10.4. The molecule has 0 radical (unpaired) electrons. The van der Waals surface area contributed by atoms with E-state index in [1.807, 2.05) is 0 Å². The lowest BCUT2D eigenvalue weighted by Crippen LogP contribution is -2.35. The van der Waals surface area contributed by atoms with Gasteiger partial charge >= 0.3 is 6.03 Å². The standard InChI is InChI=1S/C14H12ClFN6O5S/c1-26-7-3-4-9-18-11(16)12(22(9)6-7)28(24,25)21-14(23)20-13-17-8(15)5-10(19-13)27-2/h3-6H,1-2H3,(H2,17,19,20,21,23). The van der Waals surface area contributed by atoms with Crippen LogP contribution in [-0.2, 0) is 10.0 Å². The topological polar surface area (TPSA) is 137 Å². The fourth-order valence-corrected chi connectivity index (χ4v) is 3.43. The maximum absolute atomic E-state index is 14.2. The van der Waals surface area contributed by atoms with Gasteiger partial charge in [0.1, 0.15) is 16.5 Å². The van der Waals surface area contributed by atoms with Gasteiger partial charge in [-0.25, -0.2) is 14.5 Å². The first-order chi connectivity index (χ1) is 13.2. The number of fused-ring (bicyclic) bond motifs is 1. The van der Waals surface area contributed by atoms with E-state index in [0.717, 1.165) is 4.40 Å². The Morgan fingerprint density at radius 2 is 1.96 bits per heavy atom. The number of anilines is 1. The second kappa shape index (κ2) is 7.44. The molecule has 3 rings (SSSR count). The number of hydrogen-bond acceptors (Lipinski definition) is 8. The summed E-state index contributed by atoms with van der Waals surface area (Å²) >= 11 is 5.75. The first kappa shape index (κ1) is 19.6. The number of pyridine rings is 1. The van der Waals surface area contributed by atoms with Gasteiger partial charge < -0.3 is 9.47 Å². The van der Waals surface area contributed by atoms with Crippen LogP contribution in [0.5, 0.6) is 11.6 Å². The van der Waals surface area contributed by atoms with E-state index in [0.29, 0.717) is 0 Å². The second-order valence-corrected chi connectivity index (χ2v) is 7.11. The summed E-state index contributed by atoms with van der Waals surface area (Å²) in [7, 11) is -1.99. The fourth-order valence-electron chi connectivity index (χ4n) is 2.19. The van der Waals surface area contributed by atoms with E-state index in [1.165, 1.54) is 38.6 Å². The van der Waals surface area contributed by atoms with E-state index < -0.39 is 27.0 Å². The van der Waals surface area contributed by atoms with Gasteiger partial charge in [0.05, 0.1) is 20.4 Å². The van der Waals surface area contributed by atoms with Crippen molar-refractivity contribution in [3.05, 3.63) is 35.5 Å². The predicted octanol–water partition coefficient (Wildman–Crippen LogP) is 1.44. The van der Waals surface area contributed by atoms with Crippen LogP contribution in [0.15, 0.2) is 29.4 Å². The predicted molar refractivity (Wildman–Crippen MR) is 94.6 cm³/mol. The molecule has 2 N–H and O–H groups in total. The van der Waals surface area contributed by atoms with Gasteiger partial charge in [-0.2, -0.15) is 22.8 Å². The minimum absolute atomic E-state index is 0.00185. The maximum atomic E-state index is 14.2. The number of nitrogens with one attached hydrogen (secondary N) is 2. The normalized spacial score (nSPS) is 11.3. The van der Waals surface area contributed by atoms with Gasteiger partial charge in [-0.15, -0.1) is 0 Å². The third-order valence-electron chi connectivity index (χ3n) is 3.33. The van der Waals surface area contributed by atoms with Crippen LogP contribution in [0.3, 0.4) is 0 Å². The Balaban J connectivity index is 1.90. The zero-order chi connectivity index (χ0) is 20.5. The summed E-state index contributed by atoms with van der Waals surface area (Å²) in [4.78, 5) is 23.1. The summed E-state index contributed by atoms with van der Waals surface area (Å²) in [5.41, 5.74) is 0.00185. The summed E-state index contributed by atoms with van der Waals surface area (Å²) in [5.74, 6) is -1.32. The van der Waals surface area contributed by atoms with Crippen molar-refractivity contribution in [2.24, 2.45) is 0 Å². The molecule has 0 aromatic carbocycles. The molecule has 0 saturated heterocycles. The van der Waals surface area contributed by atoms with Gasteiger partial charge in [0.25, 0.3) is 16.0 Å². The number of ether oxygens (including phenoxy) is 2. The van der Waals surface area contributed by atoms with Crippen molar-refractivity contribution in [3.63, 3.8) is 0 Å². The third-order valence-corrected chi connectivity index (χ3v) is 4.85. The quantitative estimate of drug-likeness (QED) is 0.580. The number of aromatic nitrogens is 4. The number of amides is 2. The van der Waals surface area contributed by atoms with Crippen molar-refractivity contribution < 1.29 is 27.1 Å². The summed E-state index contributed by atoms with van der Waals surface area (Å²) < 4.78 is 51.6. The van der Waals surface area contributed by atoms with Crippen molar-refractivity contribution in [2.45, 2.75) is 5.03 Å². The Morgan fingerprint density at radius 1 is 1.21 bits per heavy atom. The fraction of sp³-hybridized carbons (Fsp3) is 0.143. The van der Waals surface area contributed by atoms with E-state index in [-0.39, 0.29) is 28.4 Å². The van der Waals surface area contributed by atoms with Crippen molar-refractivity contribution >= 4 is 39.3 Å². The molecule has 0 aliphatic carbocycles. The van der Waals surface area contributed by atoms with Crippen molar-refractivity contribution in [1.82, 2.24) is 24.1 Å². The molecule has 3 aromatic heterocycles. The van der Waals surface area contributed by atoms with Gasteiger partial charge in [-0.05, 0) is 12.1 Å².